The Hall–Kier alpha value is -2.57. The molecular weight excluding hydrogens is 454 g/mol. The third-order valence-electron chi connectivity index (χ3n) is 6.48. The Kier molecular flexibility index (Phi) is 13.0. The molecule has 0 saturated carbocycles. The number of ether oxygens (including phenoxy) is 1. The van der Waals surface area contributed by atoms with Gasteiger partial charge in [-0.05, 0) is 70.1 Å². The summed E-state index contributed by atoms with van der Waals surface area (Å²) in [7, 11) is 0. The minimum absolute atomic E-state index is 0.142. The summed E-state index contributed by atoms with van der Waals surface area (Å²) in [6, 6.07) is 4.26. The van der Waals surface area contributed by atoms with Gasteiger partial charge in [-0.25, -0.2) is 4.79 Å². The van der Waals surface area contributed by atoms with E-state index in [9.17, 15) is 14.4 Å². The van der Waals surface area contributed by atoms with Crippen LogP contribution in [-0.2, 0) is 14.3 Å². The lowest BCUT2D eigenvalue weighted by atomic mass is 9.93. The SMILES string of the molecule is CCCCCNC(=O)C(c1cccc(C)c1C)N(CCC)C(=O)C(NC(=O)OC(C)(C)C)C(C)CC. The molecule has 0 fully saturated rings. The van der Waals surface area contributed by atoms with E-state index in [0.29, 0.717) is 25.9 Å². The van der Waals surface area contributed by atoms with E-state index in [-0.39, 0.29) is 17.7 Å². The van der Waals surface area contributed by atoms with E-state index >= 15 is 0 Å². The van der Waals surface area contributed by atoms with Crippen molar-refractivity contribution in [2.45, 2.75) is 112 Å². The minimum atomic E-state index is -0.808. The number of benzene rings is 1. The Morgan fingerprint density at radius 1 is 1.03 bits per heavy atom. The van der Waals surface area contributed by atoms with Gasteiger partial charge in [0.1, 0.15) is 17.7 Å². The first-order valence-corrected chi connectivity index (χ1v) is 13.5. The number of hydrogen-bond donors (Lipinski definition) is 2. The molecule has 0 heterocycles. The van der Waals surface area contributed by atoms with Crippen molar-refractivity contribution in [3.8, 4) is 0 Å². The molecule has 1 rings (SSSR count). The number of nitrogens with one attached hydrogen (secondary N) is 2. The molecule has 204 valence electrons. The molecule has 7 heteroatoms. The highest BCUT2D eigenvalue weighted by atomic mass is 16.6. The van der Waals surface area contributed by atoms with Crippen LogP contribution in [0.5, 0.6) is 0 Å². The van der Waals surface area contributed by atoms with Gasteiger partial charge in [0.15, 0.2) is 0 Å². The molecule has 0 saturated heterocycles. The predicted octanol–water partition coefficient (Wildman–Crippen LogP) is 5.83. The summed E-state index contributed by atoms with van der Waals surface area (Å²) >= 11 is 0. The van der Waals surface area contributed by atoms with Crippen LogP contribution in [0.25, 0.3) is 0 Å². The van der Waals surface area contributed by atoms with Crippen LogP contribution in [0.1, 0.15) is 103 Å². The van der Waals surface area contributed by atoms with Gasteiger partial charge in [0.2, 0.25) is 11.8 Å². The van der Waals surface area contributed by atoms with Crippen LogP contribution in [0.4, 0.5) is 4.79 Å². The van der Waals surface area contributed by atoms with E-state index in [0.717, 1.165) is 36.0 Å². The normalized spacial score (nSPS) is 13.9. The number of nitrogens with zero attached hydrogens (tertiary/aromatic N) is 1. The third-order valence-corrected chi connectivity index (χ3v) is 6.48. The smallest absolute Gasteiger partial charge is 0.408 e. The molecule has 0 radical (unpaired) electrons. The molecule has 3 unspecified atom stereocenters. The molecule has 3 amide bonds. The molecule has 1 aromatic rings. The first kappa shape index (κ1) is 31.5. The van der Waals surface area contributed by atoms with Gasteiger partial charge in [0, 0.05) is 13.1 Å². The van der Waals surface area contributed by atoms with E-state index in [1.54, 1.807) is 25.7 Å². The molecular formula is C29H49N3O4. The Morgan fingerprint density at radius 3 is 2.25 bits per heavy atom. The molecule has 7 nitrogen and oxygen atoms in total. The highest BCUT2D eigenvalue weighted by Gasteiger charge is 2.38. The van der Waals surface area contributed by atoms with Gasteiger partial charge in [0.05, 0.1) is 0 Å². The van der Waals surface area contributed by atoms with Gasteiger partial charge in [-0.15, -0.1) is 0 Å². The second-order valence-corrected chi connectivity index (χ2v) is 10.7. The maximum atomic E-state index is 14.1. The van der Waals surface area contributed by atoms with Crippen LogP contribution < -0.4 is 10.6 Å². The van der Waals surface area contributed by atoms with Gasteiger partial charge in [-0.1, -0.05) is 65.2 Å². The Labute approximate surface area is 218 Å². The van der Waals surface area contributed by atoms with Crippen molar-refractivity contribution >= 4 is 17.9 Å². The molecule has 0 aliphatic heterocycles. The Balaban J connectivity index is 3.46. The van der Waals surface area contributed by atoms with Crippen LogP contribution in [0, 0.1) is 19.8 Å². The fourth-order valence-corrected chi connectivity index (χ4v) is 4.11. The van der Waals surface area contributed by atoms with Gasteiger partial charge in [0.25, 0.3) is 0 Å². The number of aryl methyl sites for hydroxylation is 1. The van der Waals surface area contributed by atoms with Crippen LogP contribution >= 0.6 is 0 Å². The maximum Gasteiger partial charge on any atom is 0.408 e. The summed E-state index contributed by atoms with van der Waals surface area (Å²) in [6.07, 6.45) is 3.70. The van der Waals surface area contributed by atoms with Crippen molar-refractivity contribution in [1.29, 1.82) is 0 Å². The summed E-state index contributed by atoms with van der Waals surface area (Å²) in [5.41, 5.74) is 2.17. The van der Waals surface area contributed by atoms with Crippen molar-refractivity contribution in [3.63, 3.8) is 0 Å². The van der Waals surface area contributed by atoms with Gasteiger partial charge in [-0.2, -0.15) is 0 Å². The highest BCUT2D eigenvalue weighted by Crippen LogP contribution is 2.28. The van der Waals surface area contributed by atoms with Crippen LogP contribution in [0.3, 0.4) is 0 Å². The summed E-state index contributed by atoms with van der Waals surface area (Å²) in [5.74, 6) is -0.607. The predicted molar refractivity (Wildman–Crippen MR) is 146 cm³/mol. The van der Waals surface area contributed by atoms with Crippen molar-refractivity contribution in [2.24, 2.45) is 5.92 Å². The molecule has 3 atom stereocenters. The van der Waals surface area contributed by atoms with E-state index in [1.165, 1.54) is 0 Å². The third kappa shape index (κ3) is 9.47. The lowest BCUT2D eigenvalue weighted by molar-refractivity contribution is -0.143. The second-order valence-electron chi connectivity index (χ2n) is 10.7. The second kappa shape index (κ2) is 14.9. The molecule has 0 aromatic heterocycles. The average molecular weight is 504 g/mol. The molecule has 0 aliphatic rings. The highest BCUT2D eigenvalue weighted by molar-refractivity contribution is 5.92. The van der Waals surface area contributed by atoms with Crippen LogP contribution in [-0.4, -0.2) is 47.5 Å². The zero-order chi connectivity index (χ0) is 27.5. The molecule has 1 aromatic carbocycles. The first-order chi connectivity index (χ1) is 16.9. The van der Waals surface area contributed by atoms with Gasteiger partial charge < -0.3 is 20.3 Å². The molecule has 36 heavy (non-hydrogen) atoms. The number of carbonyl (C=O) groups excluding carboxylic acids is 3. The largest absolute Gasteiger partial charge is 0.444 e. The number of alkyl carbamates (subject to hydrolysis) is 1. The van der Waals surface area contributed by atoms with E-state index in [2.05, 4.69) is 17.6 Å². The van der Waals surface area contributed by atoms with Crippen molar-refractivity contribution in [1.82, 2.24) is 15.5 Å². The minimum Gasteiger partial charge on any atom is -0.444 e. The number of carbonyl (C=O) groups is 3. The molecule has 0 bridgehead atoms. The van der Waals surface area contributed by atoms with Crippen molar-refractivity contribution in [2.75, 3.05) is 13.1 Å². The monoisotopic (exact) mass is 503 g/mol. The Morgan fingerprint density at radius 2 is 1.69 bits per heavy atom. The molecule has 0 spiro atoms. The zero-order valence-corrected chi connectivity index (χ0v) is 24.0. The first-order valence-electron chi connectivity index (χ1n) is 13.5. The standard InChI is InChI=1S/C29H49N3O4/c1-10-13-14-18-30-26(33)25(23-17-15-16-21(5)22(23)6)32(19-11-2)27(34)24(20(4)12-3)31-28(35)36-29(7,8)9/h15-17,20,24-25H,10-14,18-19H2,1-9H3,(H,30,33)(H,31,35). The van der Waals surface area contributed by atoms with Crippen molar-refractivity contribution < 1.29 is 19.1 Å². The fourth-order valence-electron chi connectivity index (χ4n) is 4.11. The fraction of sp³-hybridized carbons (Fsp3) is 0.690. The number of amides is 3. The Bertz CT molecular complexity index is 863. The van der Waals surface area contributed by atoms with Gasteiger partial charge >= 0.3 is 6.09 Å². The summed E-state index contributed by atoms with van der Waals surface area (Å²) in [4.78, 5) is 42.1. The lowest BCUT2D eigenvalue weighted by Gasteiger charge is -2.36. The van der Waals surface area contributed by atoms with E-state index in [1.807, 2.05) is 52.8 Å². The lowest BCUT2D eigenvalue weighted by Crippen LogP contribution is -2.55. The topological polar surface area (TPSA) is 87.7 Å². The van der Waals surface area contributed by atoms with Gasteiger partial charge in [-0.3, -0.25) is 9.59 Å². The van der Waals surface area contributed by atoms with Crippen LogP contribution in [0.15, 0.2) is 18.2 Å². The average Bonchev–Trinajstić information content (AvgIpc) is 2.80. The summed E-state index contributed by atoms with van der Waals surface area (Å²) in [6.45, 7) is 18.3. The summed E-state index contributed by atoms with van der Waals surface area (Å²) < 4.78 is 5.46. The van der Waals surface area contributed by atoms with E-state index in [4.69, 9.17) is 4.74 Å². The van der Waals surface area contributed by atoms with Crippen molar-refractivity contribution in [3.05, 3.63) is 34.9 Å². The summed E-state index contributed by atoms with van der Waals surface area (Å²) in [5, 5.41) is 5.88. The number of hydrogen-bond acceptors (Lipinski definition) is 4. The zero-order valence-electron chi connectivity index (χ0n) is 24.0. The number of rotatable bonds is 13. The quantitative estimate of drug-likeness (QED) is 0.332. The number of unbranched alkanes of at least 4 members (excludes halogenated alkanes) is 2. The molecule has 0 aliphatic carbocycles. The van der Waals surface area contributed by atoms with E-state index < -0.39 is 23.8 Å². The maximum absolute atomic E-state index is 14.1. The molecule has 2 N–H and O–H groups in total. The van der Waals surface area contributed by atoms with Crippen LogP contribution in [0.2, 0.25) is 0 Å².